The molecule has 2 N–H and O–H groups in total. The Morgan fingerprint density at radius 1 is 1.24 bits per heavy atom. The molecule has 0 aliphatic rings. The third kappa shape index (κ3) is 4.89. The second-order valence-corrected chi connectivity index (χ2v) is 10.5. The lowest BCUT2D eigenvalue weighted by atomic mass is 10.1. The second-order valence-electron chi connectivity index (χ2n) is 9.49. The Morgan fingerprint density at radius 3 is 2.54 bits per heavy atom. The summed E-state index contributed by atoms with van der Waals surface area (Å²) in [5.41, 5.74) is -1.92. The highest BCUT2D eigenvalue weighted by molar-refractivity contribution is 7.22. The van der Waals surface area contributed by atoms with E-state index in [1.54, 1.807) is 6.92 Å². The summed E-state index contributed by atoms with van der Waals surface area (Å²) in [7, 11) is 0. The molecule has 37 heavy (non-hydrogen) atoms. The van der Waals surface area contributed by atoms with Gasteiger partial charge in [0.15, 0.2) is 0 Å². The molecule has 2 unspecified atom stereocenters. The number of rotatable bonds is 10. The molecule has 3 aromatic heterocycles. The van der Waals surface area contributed by atoms with Crippen molar-refractivity contribution in [1.82, 2.24) is 14.1 Å². The van der Waals surface area contributed by atoms with E-state index in [1.807, 2.05) is 37.3 Å². The third-order valence-electron chi connectivity index (χ3n) is 6.33. The van der Waals surface area contributed by atoms with Crippen molar-refractivity contribution in [3.63, 3.8) is 0 Å². The van der Waals surface area contributed by atoms with Gasteiger partial charge >= 0.3 is 11.7 Å². The third-order valence-corrected chi connectivity index (χ3v) is 7.64. The topological polar surface area (TPSA) is 137 Å². The smallest absolute Gasteiger partial charge is 0.333 e. The van der Waals surface area contributed by atoms with E-state index in [-0.39, 0.29) is 31.1 Å². The molecule has 10 nitrogen and oxygen atoms in total. The molecule has 3 heterocycles. The molecule has 11 heteroatoms. The van der Waals surface area contributed by atoms with Gasteiger partial charge < -0.3 is 19.4 Å². The molecule has 0 saturated heterocycles. The maximum atomic E-state index is 13.9. The Hall–Kier alpha value is -3.54. The van der Waals surface area contributed by atoms with Gasteiger partial charge in [0, 0.05) is 12.5 Å². The summed E-state index contributed by atoms with van der Waals surface area (Å²) < 4.78 is 13.8. The molecule has 0 radical (unpaired) electrons. The van der Waals surface area contributed by atoms with Crippen molar-refractivity contribution >= 4 is 27.5 Å². The van der Waals surface area contributed by atoms with E-state index in [1.165, 1.54) is 42.2 Å². The summed E-state index contributed by atoms with van der Waals surface area (Å²) in [5.74, 6) is -1.15. The van der Waals surface area contributed by atoms with E-state index < -0.39 is 28.9 Å². The summed E-state index contributed by atoms with van der Waals surface area (Å²) in [6.07, 6.45) is 2.29. The van der Waals surface area contributed by atoms with Crippen molar-refractivity contribution < 1.29 is 24.2 Å². The number of hydrogen-bond acceptors (Lipinski definition) is 8. The van der Waals surface area contributed by atoms with Gasteiger partial charge in [0.2, 0.25) is 5.89 Å². The van der Waals surface area contributed by atoms with Crippen LogP contribution in [0.1, 0.15) is 38.0 Å². The number of hydrogen-bond donors (Lipinski definition) is 2. The molecule has 0 fully saturated rings. The summed E-state index contributed by atoms with van der Waals surface area (Å²) in [4.78, 5) is 44.8. The van der Waals surface area contributed by atoms with Gasteiger partial charge in [-0.25, -0.2) is 19.1 Å². The first-order chi connectivity index (χ1) is 17.6. The molecular formula is C26H29N3O7S. The van der Waals surface area contributed by atoms with Crippen LogP contribution in [0.15, 0.2) is 56.8 Å². The van der Waals surface area contributed by atoms with Gasteiger partial charge in [-0.3, -0.25) is 9.36 Å². The van der Waals surface area contributed by atoms with E-state index in [0.717, 1.165) is 10.1 Å². The minimum Gasteiger partial charge on any atom is -0.480 e. The average Bonchev–Trinajstić information content (AvgIpc) is 3.52. The van der Waals surface area contributed by atoms with Crippen LogP contribution in [0.5, 0.6) is 0 Å². The molecule has 0 bridgehead atoms. The molecule has 0 aliphatic carbocycles. The highest BCUT2D eigenvalue weighted by Crippen LogP contribution is 2.36. The number of aliphatic carboxylic acids is 1. The Labute approximate surface area is 216 Å². The van der Waals surface area contributed by atoms with Crippen molar-refractivity contribution in [2.24, 2.45) is 5.92 Å². The first-order valence-corrected chi connectivity index (χ1v) is 12.6. The lowest BCUT2D eigenvalue weighted by Crippen LogP contribution is -2.52. The number of aliphatic hydroxyl groups excluding tert-OH is 1. The number of carboxylic acids is 1. The van der Waals surface area contributed by atoms with Gasteiger partial charge in [-0.15, -0.1) is 11.3 Å². The van der Waals surface area contributed by atoms with Gasteiger partial charge in [0.1, 0.15) is 22.7 Å². The zero-order chi connectivity index (χ0) is 26.9. The van der Waals surface area contributed by atoms with Crippen molar-refractivity contribution in [2.75, 3.05) is 13.2 Å². The minimum absolute atomic E-state index is 0.0124. The van der Waals surface area contributed by atoms with Crippen LogP contribution in [0.25, 0.3) is 21.0 Å². The van der Waals surface area contributed by atoms with Gasteiger partial charge in [0.05, 0.1) is 29.6 Å². The number of carboxylic acid groups (broad SMARTS) is 1. The van der Waals surface area contributed by atoms with Crippen LogP contribution < -0.4 is 11.2 Å². The molecule has 0 aliphatic heterocycles. The van der Waals surface area contributed by atoms with E-state index in [0.29, 0.717) is 21.2 Å². The molecule has 0 amide bonds. The fourth-order valence-electron chi connectivity index (χ4n) is 4.06. The van der Waals surface area contributed by atoms with Crippen LogP contribution >= 0.6 is 11.3 Å². The molecule has 2 atom stereocenters. The molecule has 196 valence electrons. The Bertz CT molecular complexity index is 1520. The Morgan fingerprint density at radius 2 is 1.95 bits per heavy atom. The van der Waals surface area contributed by atoms with Gasteiger partial charge in [-0.05, 0) is 31.9 Å². The fourth-order valence-corrected chi connectivity index (χ4v) is 5.30. The van der Waals surface area contributed by atoms with Crippen LogP contribution in [0.2, 0.25) is 0 Å². The van der Waals surface area contributed by atoms with E-state index in [4.69, 9.17) is 9.15 Å². The zero-order valence-corrected chi connectivity index (χ0v) is 21.8. The predicted molar refractivity (Wildman–Crippen MR) is 139 cm³/mol. The quantitative estimate of drug-likeness (QED) is 0.320. The van der Waals surface area contributed by atoms with Crippen LogP contribution in [-0.4, -0.2) is 43.5 Å². The molecule has 1 aromatic carbocycles. The lowest BCUT2D eigenvalue weighted by molar-refractivity contribution is -0.146. The SMILES string of the molecule is Cc1c(-c2ncco2)sc2c1c(=O)n(C(C)(C)C(=O)O)c(=O)n2CC(OCC(C)CO)c1ccccc1. The summed E-state index contributed by atoms with van der Waals surface area (Å²) in [6.45, 7) is 6.39. The van der Waals surface area contributed by atoms with Crippen molar-refractivity contribution in [1.29, 1.82) is 0 Å². The highest BCUT2D eigenvalue weighted by Gasteiger charge is 2.36. The average molecular weight is 528 g/mol. The normalized spacial score (nSPS) is 13.6. The standard InChI is InChI=1S/C26H29N3O7S/c1-15(13-30)14-36-18(17-8-6-5-7-9-17)12-28-23-19(16(2)20(37-23)21-27-10-11-35-21)22(31)29(25(28)34)26(3,4)24(32)33/h5-11,15,18,30H,12-14H2,1-4H3,(H,32,33). The van der Waals surface area contributed by atoms with Crippen LogP contribution in [0.3, 0.4) is 0 Å². The second kappa shape index (κ2) is 10.4. The van der Waals surface area contributed by atoms with Gasteiger partial charge in [-0.1, -0.05) is 37.3 Å². The van der Waals surface area contributed by atoms with E-state index in [9.17, 15) is 24.6 Å². The number of aliphatic hydroxyl groups is 1. The summed E-state index contributed by atoms with van der Waals surface area (Å²) in [6, 6.07) is 9.30. The molecule has 0 saturated carbocycles. The molecule has 0 spiro atoms. The minimum atomic E-state index is -1.81. The van der Waals surface area contributed by atoms with E-state index >= 15 is 0 Å². The Balaban J connectivity index is 1.99. The lowest BCUT2D eigenvalue weighted by Gasteiger charge is -2.25. The number of nitrogens with zero attached hydrogens (tertiary/aromatic N) is 3. The van der Waals surface area contributed by atoms with Crippen LogP contribution in [0, 0.1) is 12.8 Å². The number of aromatic nitrogens is 3. The maximum absolute atomic E-state index is 13.9. The van der Waals surface area contributed by atoms with Crippen LogP contribution in [0.4, 0.5) is 0 Å². The number of ether oxygens (including phenoxy) is 1. The first kappa shape index (κ1) is 26.5. The first-order valence-electron chi connectivity index (χ1n) is 11.8. The zero-order valence-electron chi connectivity index (χ0n) is 21.0. The monoisotopic (exact) mass is 527 g/mol. The largest absolute Gasteiger partial charge is 0.480 e. The highest BCUT2D eigenvalue weighted by atomic mass is 32.1. The number of oxazole rings is 1. The van der Waals surface area contributed by atoms with Crippen molar-refractivity contribution in [3.05, 3.63) is 74.8 Å². The fraction of sp³-hybridized carbons (Fsp3) is 0.385. The summed E-state index contributed by atoms with van der Waals surface area (Å²) in [5, 5.41) is 19.6. The molecular weight excluding hydrogens is 498 g/mol. The summed E-state index contributed by atoms with van der Waals surface area (Å²) >= 11 is 1.18. The van der Waals surface area contributed by atoms with Crippen LogP contribution in [-0.2, 0) is 21.6 Å². The number of thiophene rings is 1. The maximum Gasteiger partial charge on any atom is 0.333 e. The van der Waals surface area contributed by atoms with Gasteiger partial charge in [-0.2, -0.15) is 0 Å². The van der Waals surface area contributed by atoms with Gasteiger partial charge in [0.25, 0.3) is 5.56 Å². The number of aryl methyl sites for hydroxylation is 1. The molecule has 4 aromatic rings. The predicted octanol–water partition coefficient (Wildman–Crippen LogP) is 3.39. The number of benzene rings is 1. The van der Waals surface area contributed by atoms with Crippen molar-refractivity contribution in [2.45, 2.75) is 45.9 Å². The number of fused-ring (bicyclic) bond motifs is 1. The van der Waals surface area contributed by atoms with E-state index in [2.05, 4.69) is 4.98 Å². The number of carbonyl (C=O) groups is 1. The molecule has 4 rings (SSSR count). The Kier molecular flexibility index (Phi) is 7.49. The van der Waals surface area contributed by atoms with Crippen molar-refractivity contribution in [3.8, 4) is 10.8 Å².